The van der Waals surface area contributed by atoms with Crippen LogP contribution in [0.3, 0.4) is 0 Å². The van der Waals surface area contributed by atoms with Gasteiger partial charge in [0.1, 0.15) is 6.54 Å². The van der Waals surface area contributed by atoms with Crippen LogP contribution in [-0.2, 0) is 16.7 Å². The van der Waals surface area contributed by atoms with Crippen LogP contribution in [-0.4, -0.2) is 24.9 Å². The summed E-state index contributed by atoms with van der Waals surface area (Å²) < 4.78 is 33.4. The van der Waals surface area contributed by atoms with E-state index in [2.05, 4.69) is 10.5 Å². The molecule has 0 amide bonds. The van der Waals surface area contributed by atoms with E-state index in [4.69, 9.17) is 0 Å². The molecule has 0 bridgehead atoms. The van der Waals surface area contributed by atoms with Crippen LogP contribution in [0, 0.1) is 0 Å². The Kier molecular flexibility index (Phi) is 5.62. The van der Waals surface area contributed by atoms with Gasteiger partial charge in [0.05, 0.1) is 22.0 Å². The molecule has 0 atom stereocenters. The van der Waals surface area contributed by atoms with E-state index in [1.54, 1.807) is 6.21 Å². The number of hydrogen-bond donors (Lipinski definition) is 1. The normalized spacial score (nSPS) is 11.7. The smallest absolute Gasteiger partial charge is 0.169 e. The summed E-state index contributed by atoms with van der Waals surface area (Å²) in [6.07, 6.45) is 5.64. The summed E-state index contributed by atoms with van der Waals surface area (Å²) in [5, 5.41) is 4.13. The number of nitrogens with zero attached hydrogens (tertiary/aromatic N) is 2. The lowest BCUT2D eigenvalue weighted by Gasteiger charge is -2.04. The molecule has 116 valence electrons. The molecule has 7 heteroatoms. The summed E-state index contributed by atoms with van der Waals surface area (Å²) in [5.41, 5.74) is 4.74. The number of hydrazone groups is 1. The van der Waals surface area contributed by atoms with E-state index in [0.29, 0.717) is 13.0 Å². The average molecular weight is 319 g/mol. The number of benzene rings is 1. The van der Waals surface area contributed by atoms with E-state index in [1.165, 1.54) is 0 Å². The maximum Gasteiger partial charge on any atom is 0.169 e. The zero-order valence-corrected chi connectivity index (χ0v) is 12.7. The summed E-state index contributed by atoms with van der Waals surface area (Å²) in [4.78, 5) is 0. The van der Waals surface area contributed by atoms with Gasteiger partial charge in [-0.1, -0.05) is 18.2 Å². The van der Waals surface area contributed by atoms with Gasteiger partial charge in [-0.3, -0.25) is 5.43 Å². The fourth-order valence-corrected chi connectivity index (χ4v) is 2.30. The number of aryl methyl sites for hydroxylation is 1. The standard InChI is InChI=1S/C15H17N3O3S/c19-22(20,21)12-4-9-18-10-7-14(8-11-18)13-16-17-15-5-2-1-3-6-15/h1-3,5-8,10-11,13H,4,9,12H2,(H,19,20,21). The van der Waals surface area contributed by atoms with Crippen molar-refractivity contribution in [3.05, 3.63) is 60.4 Å². The van der Waals surface area contributed by atoms with Crippen molar-refractivity contribution in [3.63, 3.8) is 0 Å². The Hall–Kier alpha value is -2.25. The molecule has 22 heavy (non-hydrogen) atoms. The summed E-state index contributed by atoms with van der Waals surface area (Å²) in [5.74, 6) is -0.343. The van der Waals surface area contributed by atoms with Crippen molar-refractivity contribution < 1.29 is 17.5 Å². The predicted octanol–water partition coefficient (Wildman–Crippen LogP) is 1.36. The van der Waals surface area contributed by atoms with Crippen molar-refractivity contribution in [2.24, 2.45) is 5.10 Å². The monoisotopic (exact) mass is 319 g/mol. The molecule has 0 fully saturated rings. The van der Waals surface area contributed by atoms with Crippen molar-refractivity contribution in [3.8, 4) is 0 Å². The summed E-state index contributed by atoms with van der Waals surface area (Å²) >= 11 is 0. The Balaban J connectivity index is 1.84. The lowest BCUT2D eigenvalue weighted by molar-refractivity contribution is -0.696. The number of nitrogens with one attached hydrogen (secondary N) is 1. The molecule has 6 nitrogen and oxygen atoms in total. The second kappa shape index (κ2) is 7.67. The predicted molar refractivity (Wildman–Crippen MR) is 83.5 cm³/mol. The van der Waals surface area contributed by atoms with Crippen molar-refractivity contribution in [2.75, 3.05) is 11.2 Å². The van der Waals surface area contributed by atoms with E-state index in [1.807, 2.05) is 59.4 Å². The highest BCUT2D eigenvalue weighted by atomic mass is 32.2. The van der Waals surface area contributed by atoms with Crippen LogP contribution >= 0.6 is 0 Å². The highest BCUT2D eigenvalue weighted by Crippen LogP contribution is 2.04. The van der Waals surface area contributed by atoms with Crippen LogP contribution in [0.1, 0.15) is 12.0 Å². The van der Waals surface area contributed by atoms with Gasteiger partial charge in [-0.15, -0.1) is 0 Å². The molecule has 2 rings (SSSR count). The Bertz CT molecular complexity index is 713. The third-order valence-electron chi connectivity index (χ3n) is 2.91. The Morgan fingerprint density at radius 3 is 2.45 bits per heavy atom. The van der Waals surface area contributed by atoms with Crippen LogP contribution in [0.4, 0.5) is 5.69 Å². The molecule has 0 radical (unpaired) electrons. The number of hydrogen-bond acceptors (Lipinski definition) is 5. The minimum atomic E-state index is -4.13. The topological polar surface area (TPSA) is 85.5 Å². The van der Waals surface area contributed by atoms with Gasteiger partial charge in [-0.2, -0.15) is 5.10 Å². The number of rotatable bonds is 7. The van der Waals surface area contributed by atoms with Gasteiger partial charge in [0.25, 0.3) is 0 Å². The molecule has 0 aliphatic heterocycles. The Labute approximate surface area is 129 Å². The first-order valence-corrected chi connectivity index (χ1v) is 8.37. The van der Waals surface area contributed by atoms with Crippen LogP contribution in [0.25, 0.3) is 0 Å². The van der Waals surface area contributed by atoms with Gasteiger partial charge < -0.3 is 4.55 Å². The van der Waals surface area contributed by atoms with Crippen LogP contribution in [0.15, 0.2) is 60.0 Å². The second-order valence-corrected chi connectivity index (χ2v) is 6.24. The van der Waals surface area contributed by atoms with E-state index < -0.39 is 10.1 Å². The molecule has 0 spiro atoms. The molecule has 0 aliphatic carbocycles. The summed E-state index contributed by atoms with van der Waals surface area (Å²) in [6.45, 7) is 0.487. The second-order valence-electron chi connectivity index (χ2n) is 4.72. The van der Waals surface area contributed by atoms with E-state index in [9.17, 15) is 13.0 Å². The lowest BCUT2D eigenvalue weighted by Crippen LogP contribution is -2.33. The fourth-order valence-electron chi connectivity index (χ4n) is 1.82. The minimum Gasteiger partial charge on any atom is -0.748 e. The van der Waals surface area contributed by atoms with Gasteiger partial charge in [0, 0.05) is 29.9 Å². The average Bonchev–Trinajstić information content (AvgIpc) is 2.49. The van der Waals surface area contributed by atoms with Gasteiger partial charge in [0.15, 0.2) is 12.4 Å². The number of pyridine rings is 1. The number of aromatic nitrogens is 1. The molecule has 0 unspecified atom stereocenters. The van der Waals surface area contributed by atoms with E-state index >= 15 is 0 Å². The van der Waals surface area contributed by atoms with E-state index in [-0.39, 0.29) is 5.75 Å². The molecule has 1 heterocycles. The van der Waals surface area contributed by atoms with Crippen LogP contribution in [0.2, 0.25) is 0 Å². The zero-order valence-electron chi connectivity index (χ0n) is 11.9. The molecule has 1 N–H and O–H groups in total. The maximum absolute atomic E-state index is 10.5. The molecule has 0 aliphatic rings. The number of anilines is 1. The van der Waals surface area contributed by atoms with Crippen LogP contribution < -0.4 is 9.99 Å². The molecule has 0 saturated carbocycles. The van der Waals surface area contributed by atoms with Crippen molar-refractivity contribution in [1.29, 1.82) is 0 Å². The summed E-state index contributed by atoms with van der Waals surface area (Å²) in [6, 6.07) is 13.3. The lowest BCUT2D eigenvalue weighted by atomic mass is 10.3. The maximum atomic E-state index is 10.5. The first-order valence-electron chi connectivity index (χ1n) is 6.80. The van der Waals surface area contributed by atoms with Crippen LogP contribution in [0.5, 0.6) is 0 Å². The molecular formula is C15H17N3O3S. The van der Waals surface area contributed by atoms with Crippen molar-refractivity contribution in [2.45, 2.75) is 13.0 Å². The minimum absolute atomic E-state index is 0.305. The molecule has 0 saturated heterocycles. The van der Waals surface area contributed by atoms with Crippen molar-refractivity contribution >= 4 is 22.0 Å². The zero-order chi connectivity index (χ0) is 15.8. The van der Waals surface area contributed by atoms with Gasteiger partial charge in [-0.05, 0) is 12.1 Å². The molecular weight excluding hydrogens is 302 g/mol. The number of para-hydroxylation sites is 1. The van der Waals surface area contributed by atoms with Gasteiger partial charge in [-0.25, -0.2) is 13.0 Å². The van der Waals surface area contributed by atoms with E-state index in [0.717, 1.165) is 11.3 Å². The van der Waals surface area contributed by atoms with Gasteiger partial charge in [0.2, 0.25) is 0 Å². The molecule has 2 aromatic rings. The fraction of sp³-hybridized carbons (Fsp3) is 0.200. The SMILES string of the molecule is O=S(=O)([O-])CCC[n+]1ccc(C=NNc2ccccc2)cc1. The highest BCUT2D eigenvalue weighted by molar-refractivity contribution is 7.85. The highest BCUT2D eigenvalue weighted by Gasteiger charge is 2.02. The first kappa shape index (κ1) is 16.1. The quantitative estimate of drug-likeness (QED) is 0.361. The Morgan fingerprint density at radius 1 is 1.14 bits per heavy atom. The summed E-state index contributed by atoms with van der Waals surface area (Å²) in [7, 11) is -4.13. The third kappa shape index (κ3) is 6.02. The Morgan fingerprint density at radius 2 is 1.82 bits per heavy atom. The largest absolute Gasteiger partial charge is 0.748 e. The first-order chi connectivity index (χ1) is 10.5. The van der Waals surface area contributed by atoms with Crippen molar-refractivity contribution in [1.82, 2.24) is 0 Å². The molecule has 1 aromatic carbocycles. The van der Waals surface area contributed by atoms with Gasteiger partial charge >= 0.3 is 0 Å². The third-order valence-corrected chi connectivity index (χ3v) is 3.70. The molecule has 1 aromatic heterocycles.